The van der Waals surface area contributed by atoms with Gasteiger partial charge in [0.1, 0.15) is 0 Å². The van der Waals surface area contributed by atoms with Gasteiger partial charge in [0.25, 0.3) is 0 Å². The van der Waals surface area contributed by atoms with Crippen LogP contribution in [0.4, 0.5) is 0 Å². The van der Waals surface area contributed by atoms with Crippen LogP contribution in [0.25, 0.3) is 0 Å². The summed E-state index contributed by atoms with van der Waals surface area (Å²) in [5.74, 6) is -0.250. The van der Waals surface area contributed by atoms with Crippen molar-refractivity contribution in [1.82, 2.24) is 0 Å². The van der Waals surface area contributed by atoms with Crippen molar-refractivity contribution in [3.63, 3.8) is 0 Å². The smallest absolute Gasteiger partial charge is 0.333 e. The normalized spacial score (nSPS) is 14.2. The first-order chi connectivity index (χ1) is 8.03. The molecule has 0 atom stereocenters. The molecule has 4 heteroatoms. The summed E-state index contributed by atoms with van der Waals surface area (Å²) in [6, 6.07) is 0. The lowest BCUT2D eigenvalue weighted by Gasteiger charge is -2.36. The lowest BCUT2D eigenvalue weighted by molar-refractivity contribution is -0.136. The van der Waals surface area contributed by atoms with E-state index in [1.165, 1.54) is 7.11 Å². The van der Waals surface area contributed by atoms with Gasteiger partial charge in [-0.3, -0.25) is 0 Å². The highest BCUT2D eigenvalue weighted by Gasteiger charge is 2.36. The van der Waals surface area contributed by atoms with E-state index in [-0.39, 0.29) is 11.0 Å². The summed E-state index contributed by atoms with van der Waals surface area (Å²) in [5, 5.41) is 0.224. The van der Waals surface area contributed by atoms with E-state index in [1.807, 2.05) is 6.92 Å². The first-order valence-electron chi connectivity index (χ1n) is 6.41. The molecule has 0 aliphatic carbocycles. The van der Waals surface area contributed by atoms with Gasteiger partial charge in [-0.15, -0.1) is 0 Å². The molecule has 0 spiro atoms. The van der Waals surface area contributed by atoms with Gasteiger partial charge in [0.2, 0.25) is 0 Å². The molecule has 0 aromatic rings. The molecule has 0 rings (SSSR count). The third-order valence-corrected chi connectivity index (χ3v) is 8.42. The zero-order valence-corrected chi connectivity index (χ0v) is 14.1. The van der Waals surface area contributed by atoms with E-state index >= 15 is 0 Å². The molecule has 0 fully saturated rings. The minimum atomic E-state index is -1.68. The van der Waals surface area contributed by atoms with E-state index < -0.39 is 8.32 Å². The summed E-state index contributed by atoms with van der Waals surface area (Å²) in [7, 11) is -0.273. The van der Waals surface area contributed by atoms with Gasteiger partial charge in [0.15, 0.2) is 8.32 Å². The summed E-state index contributed by atoms with van der Waals surface area (Å²) in [6.07, 6.45) is 0.785. The molecule has 0 N–H and O–H groups in total. The van der Waals surface area contributed by atoms with Gasteiger partial charge >= 0.3 is 5.97 Å². The van der Waals surface area contributed by atoms with Gasteiger partial charge in [-0.2, -0.15) is 0 Å². The quantitative estimate of drug-likeness (QED) is 0.432. The molecule has 0 aliphatic heterocycles. The maximum Gasteiger partial charge on any atom is 0.333 e. The van der Waals surface area contributed by atoms with Crippen molar-refractivity contribution in [2.45, 2.75) is 59.2 Å². The van der Waals surface area contributed by atoms with Gasteiger partial charge < -0.3 is 9.16 Å². The zero-order chi connectivity index (χ0) is 14.6. The molecule has 106 valence electrons. The van der Waals surface area contributed by atoms with Crippen LogP contribution < -0.4 is 0 Å². The molecular formula is C14H28O3Si. The van der Waals surface area contributed by atoms with Crippen LogP contribution in [-0.2, 0) is 14.0 Å². The van der Waals surface area contributed by atoms with Crippen LogP contribution in [0.3, 0.4) is 0 Å². The van der Waals surface area contributed by atoms with E-state index in [1.54, 1.807) is 6.92 Å². The Labute approximate surface area is 113 Å². The fraction of sp³-hybridized carbons (Fsp3) is 0.786. The van der Waals surface area contributed by atoms with Crippen LogP contribution in [-0.4, -0.2) is 28.0 Å². The number of carbonyl (C=O) groups is 1. The first kappa shape index (κ1) is 17.4. The molecule has 18 heavy (non-hydrogen) atoms. The number of esters is 1. The molecule has 0 aromatic heterocycles. The Morgan fingerprint density at radius 3 is 2.06 bits per heavy atom. The number of rotatable bonds is 5. The molecule has 0 aliphatic rings. The van der Waals surface area contributed by atoms with Gasteiger partial charge in [-0.25, -0.2) is 4.79 Å². The third kappa shape index (κ3) is 4.94. The topological polar surface area (TPSA) is 35.5 Å². The standard InChI is InChI=1S/C14H28O3Si/c1-11(12(2)13(15)16-6)9-10-17-18(7,8)14(3,4)5/h9-10H2,1-8H3/b12-11-. The molecule has 0 saturated carbocycles. The zero-order valence-electron chi connectivity index (χ0n) is 13.1. The Morgan fingerprint density at radius 1 is 1.17 bits per heavy atom. The fourth-order valence-electron chi connectivity index (χ4n) is 1.19. The average molecular weight is 272 g/mol. The minimum Gasteiger partial charge on any atom is -0.466 e. The van der Waals surface area contributed by atoms with E-state index in [0.29, 0.717) is 12.2 Å². The number of methoxy groups -OCH3 is 1. The molecule has 0 radical (unpaired) electrons. The summed E-state index contributed by atoms with van der Waals surface area (Å²) in [5.41, 5.74) is 1.73. The number of hydrogen-bond acceptors (Lipinski definition) is 3. The molecule has 0 bridgehead atoms. The van der Waals surface area contributed by atoms with Crippen molar-refractivity contribution in [3.05, 3.63) is 11.1 Å². The van der Waals surface area contributed by atoms with Crippen molar-refractivity contribution in [2.24, 2.45) is 0 Å². The van der Waals surface area contributed by atoms with E-state index in [0.717, 1.165) is 12.0 Å². The Morgan fingerprint density at radius 2 is 1.67 bits per heavy atom. The van der Waals surface area contributed by atoms with E-state index in [9.17, 15) is 4.79 Å². The largest absolute Gasteiger partial charge is 0.466 e. The Kier molecular flexibility index (Phi) is 6.30. The highest BCUT2D eigenvalue weighted by atomic mass is 28.4. The lowest BCUT2D eigenvalue weighted by Crippen LogP contribution is -2.41. The predicted molar refractivity (Wildman–Crippen MR) is 78.2 cm³/mol. The highest BCUT2D eigenvalue weighted by molar-refractivity contribution is 6.74. The van der Waals surface area contributed by atoms with Crippen molar-refractivity contribution < 1.29 is 14.0 Å². The molecule has 3 nitrogen and oxygen atoms in total. The maximum absolute atomic E-state index is 11.4. The molecule has 0 saturated heterocycles. The van der Waals surface area contributed by atoms with E-state index in [4.69, 9.17) is 9.16 Å². The van der Waals surface area contributed by atoms with Crippen molar-refractivity contribution in [1.29, 1.82) is 0 Å². The van der Waals surface area contributed by atoms with Gasteiger partial charge in [0.05, 0.1) is 7.11 Å². The molecule has 0 unspecified atom stereocenters. The Balaban J connectivity index is 4.41. The number of hydrogen-bond donors (Lipinski definition) is 0. The third-order valence-electron chi connectivity index (χ3n) is 3.88. The summed E-state index contributed by atoms with van der Waals surface area (Å²) in [6.45, 7) is 15.6. The van der Waals surface area contributed by atoms with Crippen LogP contribution in [0.1, 0.15) is 41.0 Å². The van der Waals surface area contributed by atoms with Crippen molar-refractivity contribution in [3.8, 4) is 0 Å². The second kappa shape index (κ2) is 6.52. The van der Waals surface area contributed by atoms with Crippen molar-refractivity contribution in [2.75, 3.05) is 13.7 Å². The van der Waals surface area contributed by atoms with Crippen LogP contribution in [0.5, 0.6) is 0 Å². The average Bonchev–Trinajstić information content (AvgIpc) is 2.24. The van der Waals surface area contributed by atoms with Crippen LogP contribution >= 0.6 is 0 Å². The van der Waals surface area contributed by atoms with Gasteiger partial charge in [-0.1, -0.05) is 26.3 Å². The van der Waals surface area contributed by atoms with Crippen LogP contribution in [0.15, 0.2) is 11.1 Å². The maximum atomic E-state index is 11.4. The molecular weight excluding hydrogens is 244 g/mol. The summed E-state index contributed by atoms with van der Waals surface area (Å²) < 4.78 is 10.8. The first-order valence-corrected chi connectivity index (χ1v) is 9.32. The molecule has 0 aromatic carbocycles. The van der Waals surface area contributed by atoms with E-state index in [2.05, 4.69) is 33.9 Å². The number of carbonyl (C=O) groups excluding carboxylic acids is 1. The predicted octanol–water partition coefficient (Wildman–Crippen LogP) is 3.91. The highest BCUT2D eigenvalue weighted by Crippen LogP contribution is 2.36. The summed E-state index contributed by atoms with van der Waals surface area (Å²) in [4.78, 5) is 11.4. The minimum absolute atomic E-state index is 0.224. The van der Waals surface area contributed by atoms with Crippen LogP contribution in [0.2, 0.25) is 18.1 Å². The van der Waals surface area contributed by atoms with Gasteiger partial charge in [0, 0.05) is 12.2 Å². The SMILES string of the molecule is COC(=O)/C(C)=C(/C)CCO[Si](C)(C)C(C)(C)C. The summed E-state index contributed by atoms with van der Waals surface area (Å²) >= 11 is 0. The Bertz CT molecular complexity index is 324. The fourth-order valence-corrected chi connectivity index (χ4v) is 2.24. The lowest BCUT2D eigenvalue weighted by atomic mass is 10.1. The second-order valence-corrected chi connectivity index (χ2v) is 11.1. The van der Waals surface area contributed by atoms with Crippen molar-refractivity contribution >= 4 is 14.3 Å². The molecule has 0 amide bonds. The Hall–Kier alpha value is -0.613. The number of ether oxygens (including phenoxy) is 1. The van der Waals surface area contributed by atoms with Crippen LogP contribution in [0, 0.1) is 0 Å². The second-order valence-electron chi connectivity index (χ2n) is 6.26. The monoisotopic (exact) mass is 272 g/mol. The molecule has 0 heterocycles. The van der Waals surface area contributed by atoms with Gasteiger partial charge in [-0.05, 0) is 38.4 Å².